The van der Waals surface area contributed by atoms with Gasteiger partial charge in [-0.3, -0.25) is 0 Å². The van der Waals surface area contributed by atoms with Gasteiger partial charge in [0.2, 0.25) is 0 Å². The van der Waals surface area contributed by atoms with Crippen molar-refractivity contribution in [3.8, 4) is 0 Å². The van der Waals surface area contributed by atoms with Crippen molar-refractivity contribution >= 4 is 11.6 Å². The Hall–Kier alpha value is -1.27. The Bertz CT molecular complexity index is 599. The summed E-state index contributed by atoms with van der Waals surface area (Å²) in [6.07, 6.45) is 2.15. The first-order chi connectivity index (χ1) is 9.58. The van der Waals surface area contributed by atoms with Gasteiger partial charge in [-0.05, 0) is 60.1 Å². The predicted octanol–water partition coefficient (Wildman–Crippen LogP) is 5.76. The van der Waals surface area contributed by atoms with Crippen LogP contribution in [0.25, 0.3) is 0 Å². The zero-order chi connectivity index (χ0) is 14.7. The molecule has 0 saturated heterocycles. The average Bonchev–Trinajstić information content (AvgIpc) is 2.48. The van der Waals surface area contributed by atoms with Crippen LogP contribution in [0, 0.1) is 13.8 Å². The van der Waals surface area contributed by atoms with Gasteiger partial charge in [0.05, 0.1) is 5.38 Å². The highest BCUT2D eigenvalue weighted by molar-refractivity contribution is 6.22. The second kappa shape index (κ2) is 6.45. The van der Waals surface area contributed by atoms with Crippen LogP contribution in [0.2, 0.25) is 0 Å². The van der Waals surface area contributed by atoms with Crippen LogP contribution in [0.4, 0.5) is 0 Å². The smallest absolute Gasteiger partial charge is 0.0838 e. The van der Waals surface area contributed by atoms with Gasteiger partial charge in [-0.2, -0.15) is 0 Å². The molecule has 20 heavy (non-hydrogen) atoms. The van der Waals surface area contributed by atoms with Crippen LogP contribution in [0.5, 0.6) is 0 Å². The normalized spacial score (nSPS) is 12.4. The van der Waals surface area contributed by atoms with Crippen molar-refractivity contribution in [1.82, 2.24) is 0 Å². The number of halogens is 1. The third kappa shape index (κ3) is 2.91. The monoisotopic (exact) mass is 286 g/mol. The molecule has 0 radical (unpaired) electrons. The van der Waals surface area contributed by atoms with Gasteiger partial charge in [0.25, 0.3) is 0 Å². The van der Waals surface area contributed by atoms with E-state index in [1.54, 1.807) is 0 Å². The van der Waals surface area contributed by atoms with E-state index < -0.39 is 0 Å². The maximum atomic E-state index is 6.73. The molecular weight excluding hydrogens is 264 g/mol. The highest BCUT2D eigenvalue weighted by Gasteiger charge is 2.15. The van der Waals surface area contributed by atoms with Gasteiger partial charge < -0.3 is 0 Å². The summed E-state index contributed by atoms with van der Waals surface area (Å²) in [7, 11) is 0. The molecule has 0 saturated carbocycles. The van der Waals surface area contributed by atoms with E-state index in [1.165, 1.54) is 33.4 Å². The third-order valence-electron chi connectivity index (χ3n) is 4.20. The van der Waals surface area contributed by atoms with Crippen molar-refractivity contribution in [3.63, 3.8) is 0 Å². The van der Waals surface area contributed by atoms with E-state index in [9.17, 15) is 0 Å². The number of aryl methyl sites for hydroxylation is 3. The van der Waals surface area contributed by atoms with Gasteiger partial charge in [-0.1, -0.05) is 50.2 Å². The van der Waals surface area contributed by atoms with E-state index in [1.807, 2.05) is 0 Å². The molecule has 0 aliphatic heterocycles. The summed E-state index contributed by atoms with van der Waals surface area (Å²) in [5, 5.41) is -0.0638. The first kappa shape index (κ1) is 15.1. The summed E-state index contributed by atoms with van der Waals surface area (Å²) in [5.41, 5.74) is 7.87. The minimum atomic E-state index is -0.0638. The molecular formula is C19H23Cl. The summed E-state index contributed by atoms with van der Waals surface area (Å²) < 4.78 is 0. The molecule has 2 rings (SSSR count). The van der Waals surface area contributed by atoms with Crippen LogP contribution < -0.4 is 0 Å². The molecule has 0 bridgehead atoms. The summed E-state index contributed by atoms with van der Waals surface area (Å²) in [4.78, 5) is 0. The molecule has 0 aliphatic rings. The van der Waals surface area contributed by atoms with Gasteiger partial charge in [0.1, 0.15) is 0 Å². The zero-order valence-electron chi connectivity index (χ0n) is 12.8. The minimum Gasteiger partial charge on any atom is -0.113 e. The van der Waals surface area contributed by atoms with Crippen molar-refractivity contribution in [1.29, 1.82) is 0 Å². The van der Waals surface area contributed by atoms with E-state index in [-0.39, 0.29) is 5.38 Å². The number of alkyl halides is 1. The lowest BCUT2D eigenvalue weighted by molar-refractivity contribution is 1.01. The van der Waals surface area contributed by atoms with Gasteiger partial charge >= 0.3 is 0 Å². The first-order valence-electron chi connectivity index (χ1n) is 7.40. The standard InChI is InChI=1S/C19H23Cl/c1-5-15-10-11-17(12-16(15)6-2)19(20)18-9-7-8-13(3)14(18)4/h7-12,19H,5-6H2,1-4H3. The van der Waals surface area contributed by atoms with Gasteiger partial charge in [-0.15, -0.1) is 11.6 Å². The second-order valence-corrected chi connectivity index (χ2v) is 5.82. The van der Waals surface area contributed by atoms with E-state index in [0.717, 1.165) is 12.8 Å². The molecule has 0 heterocycles. The Kier molecular flexibility index (Phi) is 4.88. The molecule has 1 heteroatoms. The number of benzene rings is 2. The number of hydrogen-bond donors (Lipinski definition) is 0. The largest absolute Gasteiger partial charge is 0.113 e. The van der Waals surface area contributed by atoms with Crippen LogP contribution in [-0.2, 0) is 12.8 Å². The zero-order valence-corrected chi connectivity index (χ0v) is 13.6. The summed E-state index contributed by atoms with van der Waals surface area (Å²) >= 11 is 6.73. The molecule has 0 nitrogen and oxygen atoms in total. The Morgan fingerprint density at radius 2 is 1.65 bits per heavy atom. The summed E-state index contributed by atoms with van der Waals surface area (Å²) in [6, 6.07) is 13.1. The van der Waals surface area contributed by atoms with Gasteiger partial charge in [0.15, 0.2) is 0 Å². The topological polar surface area (TPSA) is 0 Å². The Morgan fingerprint density at radius 1 is 0.950 bits per heavy atom. The predicted molar refractivity (Wildman–Crippen MR) is 88.8 cm³/mol. The van der Waals surface area contributed by atoms with Crippen LogP contribution >= 0.6 is 11.6 Å². The average molecular weight is 287 g/mol. The Balaban J connectivity index is 2.43. The van der Waals surface area contributed by atoms with E-state index in [2.05, 4.69) is 64.1 Å². The molecule has 1 unspecified atom stereocenters. The molecule has 0 aromatic heterocycles. The fraction of sp³-hybridized carbons (Fsp3) is 0.368. The van der Waals surface area contributed by atoms with E-state index >= 15 is 0 Å². The summed E-state index contributed by atoms with van der Waals surface area (Å²) in [6.45, 7) is 8.71. The van der Waals surface area contributed by atoms with Crippen molar-refractivity contribution < 1.29 is 0 Å². The van der Waals surface area contributed by atoms with Crippen molar-refractivity contribution in [2.75, 3.05) is 0 Å². The molecule has 106 valence electrons. The molecule has 0 fully saturated rings. The lowest BCUT2D eigenvalue weighted by atomic mass is 9.93. The maximum absolute atomic E-state index is 6.73. The van der Waals surface area contributed by atoms with Crippen LogP contribution in [-0.4, -0.2) is 0 Å². The summed E-state index contributed by atoms with van der Waals surface area (Å²) in [5.74, 6) is 0. The molecule has 0 spiro atoms. The lowest BCUT2D eigenvalue weighted by Crippen LogP contribution is -2.00. The van der Waals surface area contributed by atoms with Crippen LogP contribution in [0.3, 0.4) is 0 Å². The second-order valence-electron chi connectivity index (χ2n) is 5.39. The van der Waals surface area contributed by atoms with Crippen molar-refractivity contribution in [2.45, 2.75) is 45.9 Å². The number of rotatable bonds is 4. The van der Waals surface area contributed by atoms with Crippen LogP contribution in [0.15, 0.2) is 36.4 Å². The molecule has 0 amide bonds. The van der Waals surface area contributed by atoms with Crippen molar-refractivity contribution in [2.24, 2.45) is 0 Å². The Morgan fingerprint density at radius 3 is 2.30 bits per heavy atom. The molecule has 2 aromatic rings. The highest BCUT2D eigenvalue weighted by Crippen LogP contribution is 2.33. The SMILES string of the molecule is CCc1ccc(C(Cl)c2cccc(C)c2C)cc1CC. The van der Waals surface area contributed by atoms with Gasteiger partial charge in [-0.25, -0.2) is 0 Å². The molecule has 0 N–H and O–H groups in total. The quantitative estimate of drug-likeness (QED) is 0.627. The molecule has 1 atom stereocenters. The Labute approximate surface area is 127 Å². The van der Waals surface area contributed by atoms with E-state index in [4.69, 9.17) is 11.6 Å². The van der Waals surface area contributed by atoms with Crippen LogP contribution in [0.1, 0.15) is 52.6 Å². The highest BCUT2D eigenvalue weighted by atomic mass is 35.5. The van der Waals surface area contributed by atoms with Crippen molar-refractivity contribution in [3.05, 3.63) is 69.8 Å². The fourth-order valence-corrected chi connectivity index (χ4v) is 3.08. The lowest BCUT2D eigenvalue weighted by Gasteiger charge is -2.17. The minimum absolute atomic E-state index is 0.0638. The molecule has 2 aromatic carbocycles. The first-order valence-corrected chi connectivity index (χ1v) is 7.84. The maximum Gasteiger partial charge on any atom is 0.0838 e. The number of hydrogen-bond acceptors (Lipinski definition) is 0. The fourth-order valence-electron chi connectivity index (χ4n) is 2.71. The van der Waals surface area contributed by atoms with E-state index in [0.29, 0.717) is 0 Å². The van der Waals surface area contributed by atoms with Gasteiger partial charge in [0, 0.05) is 0 Å². The third-order valence-corrected chi connectivity index (χ3v) is 4.69. The molecule has 0 aliphatic carbocycles.